The average molecular weight is 284 g/mol. The van der Waals surface area contributed by atoms with E-state index < -0.39 is 5.82 Å². The molecule has 0 unspecified atom stereocenters. The van der Waals surface area contributed by atoms with Crippen molar-refractivity contribution in [1.29, 1.82) is 0 Å². The van der Waals surface area contributed by atoms with Crippen molar-refractivity contribution in [3.63, 3.8) is 0 Å². The number of aromatic nitrogens is 2. The van der Waals surface area contributed by atoms with Gasteiger partial charge < -0.3 is 4.74 Å². The van der Waals surface area contributed by atoms with Gasteiger partial charge in [0.15, 0.2) is 11.6 Å². The van der Waals surface area contributed by atoms with Crippen LogP contribution in [-0.2, 0) is 6.61 Å². The SMILES string of the molecule is Cc1ccc2nc(COc3ccccc3F)cc(=O)n2c1. The van der Waals surface area contributed by atoms with Crippen molar-refractivity contribution in [2.45, 2.75) is 13.5 Å². The number of fused-ring (bicyclic) bond motifs is 1. The second-order valence-electron chi connectivity index (χ2n) is 4.74. The van der Waals surface area contributed by atoms with E-state index in [-0.39, 0.29) is 17.9 Å². The van der Waals surface area contributed by atoms with E-state index in [1.807, 2.05) is 13.0 Å². The third-order valence-corrected chi connectivity index (χ3v) is 3.07. The van der Waals surface area contributed by atoms with Gasteiger partial charge in [0.1, 0.15) is 12.3 Å². The fourth-order valence-electron chi connectivity index (χ4n) is 2.05. The number of ether oxygens (including phenoxy) is 1. The molecule has 0 fully saturated rings. The fraction of sp³-hybridized carbons (Fsp3) is 0.125. The molecular weight excluding hydrogens is 271 g/mol. The third kappa shape index (κ3) is 2.76. The van der Waals surface area contributed by atoms with E-state index in [2.05, 4.69) is 4.98 Å². The molecule has 0 amide bonds. The van der Waals surface area contributed by atoms with Gasteiger partial charge in [-0.15, -0.1) is 0 Å². The molecule has 0 bridgehead atoms. The number of pyridine rings is 1. The standard InChI is InChI=1S/C16H13FN2O2/c1-11-6-7-15-18-12(8-16(20)19(15)9-11)10-21-14-5-3-2-4-13(14)17/h2-9H,10H2,1H3. The number of hydrogen-bond acceptors (Lipinski definition) is 3. The van der Waals surface area contributed by atoms with Crippen molar-refractivity contribution >= 4 is 5.65 Å². The van der Waals surface area contributed by atoms with Crippen LogP contribution in [0.4, 0.5) is 4.39 Å². The van der Waals surface area contributed by atoms with Crippen LogP contribution in [0.5, 0.6) is 5.75 Å². The maximum absolute atomic E-state index is 13.5. The van der Waals surface area contributed by atoms with Gasteiger partial charge in [-0.1, -0.05) is 18.2 Å². The highest BCUT2D eigenvalue weighted by atomic mass is 19.1. The lowest BCUT2D eigenvalue weighted by Gasteiger charge is -2.08. The van der Waals surface area contributed by atoms with Crippen molar-refractivity contribution in [2.24, 2.45) is 0 Å². The molecule has 2 aromatic heterocycles. The van der Waals surface area contributed by atoms with Crippen LogP contribution < -0.4 is 10.3 Å². The van der Waals surface area contributed by atoms with Crippen molar-refractivity contribution in [1.82, 2.24) is 9.38 Å². The molecular formula is C16H13FN2O2. The quantitative estimate of drug-likeness (QED) is 0.742. The van der Waals surface area contributed by atoms with Crippen LogP contribution in [0.3, 0.4) is 0 Å². The number of aryl methyl sites for hydroxylation is 1. The molecule has 3 rings (SSSR count). The molecule has 106 valence electrons. The lowest BCUT2D eigenvalue weighted by Crippen LogP contribution is -2.16. The number of rotatable bonds is 3. The number of halogens is 1. The maximum atomic E-state index is 13.5. The normalized spacial score (nSPS) is 10.8. The number of nitrogens with zero attached hydrogens (tertiary/aromatic N) is 2. The van der Waals surface area contributed by atoms with E-state index in [9.17, 15) is 9.18 Å². The largest absolute Gasteiger partial charge is 0.484 e. The Labute approximate surface area is 120 Å². The lowest BCUT2D eigenvalue weighted by atomic mass is 10.3. The average Bonchev–Trinajstić information content (AvgIpc) is 2.47. The highest BCUT2D eigenvalue weighted by molar-refractivity contribution is 5.40. The number of hydrogen-bond donors (Lipinski definition) is 0. The Morgan fingerprint density at radius 1 is 1.24 bits per heavy atom. The van der Waals surface area contributed by atoms with Crippen molar-refractivity contribution in [3.8, 4) is 5.75 Å². The van der Waals surface area contributed by atoms with Crippen LogP contribution in [0.1, 0.15) is 11.3 Å². The molecule has 2 heterocycles. The van der Waals surface area contributed by atoms with E-state index in [4.69, 9.17) is 4.74 Å². The smallest absolute Gasteiger partial charge is 0.258 e. The summed E-state index contributed by atoms with van der Waals surface area (Å²) in [5.41, 5.74) is 1.80. The summed E-state index contributed by atoms with van der Waals surface area (Å²) in [5.74, 6) is -0.297. The summed E-state index contributed by atoms with van der Waals surface area (Å²) in [5, 5.41) is 0. The fourth-order valence-corrected chi connectivity index (χ4v) is 2.05. The summed E-state index contributed by atoms with van der Waals surface area (Å²) in [6.07, 6.45) is 1.73. The van der Waals surface area contributed by atoms with Crippen LogP contribution in [0.25, 0.3) is 5.65 Å². The number of benzene rings is 1. The molecule has 0 aliphatic rings. The van der Waals surface area contributed by atoms with Gasteiger partial charge in [-0.25, -0.2) is 9.37 Å². The zero-order valence-corrected chi connectivity index (χ0v) is 11.4. The minimum atomic E-state index is -0.439. The van der Waals surface area contributed by atoms with E-state index in [0.717, 1.165) is 5.56 Å². The molecule has 21 heavy (non-hydrogen) atoms. The minimum absolute atomic E-state index is 0.0422. The van der Waals surface area contributed by atoms with Crippen LogP contribution in [0, 0.1) is 12.7 Å². The highest BCUT2D eigenvalue weighted by Crippen LogP contribution is 2.16. The molecule has 0 spiro atoms. The first-order valence-electron chi connectivity index (χ1n) is 6.50. The van der Waals surface area contributed by atoms with Gasteiger partial charge in [0.2, 0.25) is 0 Å². The Balaban J connectivity index is 1.90. The van der Waals surface area contributed by atoms with Gasteiger partial charge in [0.05, 0.1) is 5.69 Å². The molecule has 0 aliphatic heterocycles. The second-order valence-corrected chi connectivity index (χ2v) is 4.74. The van der Waals surface area contributed by atoms with Gasteiger partial charge in [0, 0.05) is 12.3 Å². The number of para-hydroxylation sites is 1. The van der Waals surface area contributed by atoms with Crippen molar-refractivity contribution in [3.05, 3.63) is 76.1 Å². The molecule has 0 atom stereocenters. The molecule has 0 radical (unpaired) electrons. The highest BCUT2D eigenvalue weighted by Gasteiger charge is 2.06. The third-order valence-electron chi connectivity index (χ3n) is 3.07. The first-order chi connectivity index (χ1) is 10.1. The molecule has 3 aromatic rings. The van der Waals surface area contributed by atoms with E-state index in [1.165, 1.54) is 22.6 Å². The van der Waals surface area contributed by atoms with Gasteiger partial charge in [-0.3, -0.25) is 9.20 Å². The molecule has 0 N–H and O–H groups in total. The molecule has 4 nitrogen and oxygen atoms in total. The van der Waals surface area contributed by atoms with Gasteiger partial charge in [0.25, 0.3) is 5.56 Å². The second kappa shape index (κ2) is 5.36. The van der Waals surface area contributed by atoms with E-state index in [0.29, 0.717) is 11.3 Å². The Morgan fingerprint density at radius 2 is 2.05 bits per heavy atom. The van der Waals surface area contributed by atoms with Crippen LogP contribution >= 0.6 is 0 Å². The van der Waals surface area contributed by atoms with Crippen LogP contribution in [0.2, 0.25) is 0 Å². The molecule has 1 aromatic carbocycles. The minimum Gasteiger partial charge on any atom is -0.484 e. The lowest BCUT2D eigenvalue weighted by molar-refractivity contribution is 0.286. The van der Waals surface area contributed by atoms with Gasteiger partial charge in [-0.2, -0.15) is 0 Å². The predicted molar refractivity (Wildman–Crippen MR) is 76.9 cm³/mol. The zero-order chi connectivity index (χ0) is 14.8. The Kier molecular flexibility index (Phi) is 3.39. The summed E-state index contributed by atoms with van der Waals surface area (Å²) in [4.78, 5) is 16.4. The van der Waals surface area contributed by atoms with Crippen molar-refractivity contribution < 1.29 is 9.13 Å². The van der Waals surface area contributed by atoms with Gasteiger partial charge in [-0.05, 0) is 30.7 Å². The summed E-state index contributed by atoms with van der Waals surface area (Å²) >= 11 is 0. The first-order valence-corrected chi connectivity index (χ1v) is 6.50. The van der Waals surface area contributed by atoms with Crippen molar-refractivity contribution in [2.75, 3.05) is 0 Å². The Hall–Kier alpha value is -2.69. The summed E-state index contributed by atoms with van der Waals surface area (Å²) in [6.45, 7) is 1.95. The van der Waals surface area contributed by atoms with Crippen LogP contribution in [-0.4, -0.2) is 9.38 Å². The maximum Gasteiger partial charge on any atom is 0.258 e. The zero-order valence-electron chi connectivity index (χ0n) is 11.4. The molecule has 0 saturated heterocycles. The van der Waals surface area contributed by atoms with E-state index >= 15 is 0 Å². The van der Waals surface area contributed by atoms with E-state index in [1.54, 1.807) is 24.4 Å². The monoisotopic (exact) mass is 284 g/mol. The summed E-state index contributed by atoms with van der Waals surface area (Å²) < 4.78 is 20.3. The molecule has 0 aliphatic carbocycles. The Bertz CT molecular complexity index is 858. The Morgan fingerprint density at radius 3 is 2.86 bits per heavy atom. The van der Waals surface area contributed by atoms with Crippen LogP contribution in [0.15, 0.2) is 53.5 Å². The summed E-state index contributed by atoms with van der Waals surface area (Å²) in [6, 6.07) is 11.2. The topological polar surface area (TPSA) is 43.6 Å². The molecule has 0 saturated carbocycles. The summed E-state index contributed by atoms with van der Waals surface area (Å²) in [7, 11) is 0. The molecule has 5 heteroatoms. The van der Waals surface area contributed by atoms with Gasteiger partial charge >= 0.3 is 0 Å². The first kappa shape index (κ1) is 13.3. The predicted octanol–water partition coefficient (Wildman–Crippen LogP) is 2.72.